The average Bonchev–Trinajstić information content (AvgIpc) is 2.43. The first-order valence-corrected chi connectivity index (χ1v) is 6.05. The molecule has 20 heavy (non-hydrogen) atoms. The number of nitro benzene ring substituents is 1. The Morgan fingerprint density at radius 3 is 2.55 bits per heavy atom. The average molecular weight is 281 g/mol. The Balaban J connectivity index is 3.06. The first-order chi connectivity index (χ1) is 9.36. The highest BCUT2D eigenvalue weighted by atomic mass is 16.6. The van der Waals surface area contributed by atoms with E-state index in [0.717, 1.165) is 24.6 Å². The summed E-state index contributed by atoms with van der Waals surface area (Å²) in [6.45, 7) is 3.93. The van der Waals surface area contributed by atoms with Gasteiger partial charge in [0.15, 0.2) is 0 Å². The second kappa shape index (κ2) is 6.65. The molecule has 0 radical (unpaired) electrons. The van der Waals surface area contributed by atoms with E-state index in [0.29, 0.717) is 0 Å². The van der Waals surface area contributed by atoms with Gasteiger partial charge in [0.05, 0.1) is 22.7 Å². The van der Waals surface area contributed by atoms with E-state index in [1.807, 2.05) is 13.8 Å². The van der Waals surface area contributed by atoms with Crippen molar-refractivity contribution in [1.29, 1.82) is 0 Å². The molecule has 0 aliphatic rings. The van der Waals surface area contributed by atoms with Crippen molar-refractivity contribution in [2.45, 2.75) is 20.3 Å². The van der Waals surface area contributed by atoms with Crippen molar-refractivity contribution in [2.24, 2.45) is 5.92 Å². The summed E-state index contributed by atoms with van der Waals surface area (Å²) in [7, 11) is 0. The number of hydrogen-bond donors (Lipinski definition) is 1. The molecule has 1 rings (SSSR count). The van der Waals surface area contributed by atoms with Gasteiger partial charge in [-0.3, -0.25) is 10.1 Å². The Kier molecular flexibility index (Phi) is 5.19. The number of nitrogens with zero attached hydrogens (tertiary/aromatic N) is 1. The van der Waals surface area contributed by atoms with Gasteiger partial charge in [-0.25, -0.2) is 9.59 Å². The van der Waals surface area contributed by atoms with E-state index in [4.69, 9.17) is 9.84 Å². The van der Waals surface area contributed by atoms with Crippen LogP contribution in [0.2, 0.25) is 0 Å². The maximum atomic E-state index is 11.9. The number of carboxylic acids is 1. The number of hydrogen-bond acceptors (Lipinski definition) is 5. The minimum absolute atomic E-state index is 0.130. The number of carbonyl (C=O) groups excluding carboxylic acids is 1. The van der Waals surface area contributed by atoms with Crippen molar-refractivity contribution in [3.63, 3.8) is 0 Å². The molecule has 0 unspecified atom stereocenters. The molecule has 0 aromatic heterocycles. The molecule has 0 aliphatic carbocycles. The molecule has 0 fully saturated rings. The minimum atomic E-state index is -1.34. The molecule has 0 aliphatic heterocycles. The summed E-state index contributed by atoms with van der Waals surface area (Å²) in [5, 5.41) is 19.7. The van der Waals surface area contributed by atoms with Gasteiger partial charge in [0.1, 0.15) is 0 Å². The van der Waals surface area contributed by atoms with Crippen LogP contribution in [0.4, 0.5) is 5.69 Å². The van der Waals surface area contributed by atoms with E-state index in [9.17, 15) is 19.7 Å². The second-order valence-corrected chi connectivity index (χ2v) is 4.40. The van der Waals surface area contributed by atoms with Crippen LogP contribution in [0.25, 0.3) is 0 Å². The van der Waals surface area contributed by atoms with Gasteiger partial charge < -0.3 is 9.84 Å². The molecule has 1 aromatic carbocycles. The SMILES string of the molecule is CC[C@H](C)COC(=O)c1cc([N+](=O)[O-])ccc1C(=O)O. The number of rotatable bonds is 6. The van der Waals surface area contributed by atoms with Crippen LogP contribution in [-0.4, -0.2) is 28.6 Å². The van der Waals surface area contributed by atoms with Crippen LogP contribution in [0.15, 0.2) is 18.2 Å². The first-order valence-electron chi connectivity index (χ1n) is 6.05. The monoisotopic (exact) mass is 281 g/mol. The van der Waals surface area contributed by atoms with E-state index in [1.54, 1.807) is 0 Å². The molecule has 7 heteroatoms. The highest BCUT2D eigenvalue weighted by Crippen LogP contribution is 2.19. The Morgan fingerprint density at radius 1 is 1.40 bits per heavy atom. The van der Waals surface area contributed by atoms with Crippen LogP contribution < -0.4 is 0 Å². The third-order valence-corrected chi connectivity index (χ3v) is 2.86. The highest BCUT2D eigenvalue weighted by Gasteiger charge is 2.22. The number of aromatic carboxylic acids is 1. The Hall–Kier alpha value is -2.44. The van der Waals surface area contributed by atoms with Gasteiger partial charge in [0, 0.05) is 12.1 Å². The van der Waals surface area contributed by atoms with Crippen molar-refractivity contribution in [1.82, 2.24) is 0 Å². The van der Waals surface area contributed by atoms with Gasteiger partial charge in [0.25, 0.3) is 5.69 Å². The van der Waals surface area contributed by atoms with Gasteiger partial charge in [0.2, 0.25) is 0 Å². The molecular formula is C13H15NO6. The second-order valence-electron chi connectivity index (χ2n) is 4.40. The molecule has 0 saturated heterocycles. The number of carbonyl (C=O) groups is 2. The number of non-ortho nitro benzene ring substituents is 1. The van der Waals surface area contributed by atoms with Crippen LogP contribution in [0.3, 0.4) is 0 Å². The fourth-order valence-electron chi connectivity index (χ4n) is 1.41. The molecule has 0 amide bonds. The van der Waals surface area contributed by atoms with E-state index in [-0.39, 0.29) is 29.3 Å². The lowest BCUT2D eigenvalue weighted by Gasteiger charge is -2.10. The summed E-state index contributed by atoms with van der Waals surface area (Å²) in [4.78, 5) is 32.9. The molecule has 7 nitrogen and oxygen atoms in total. The summed E-state index contributed by atoms with van der Waals surface area (Å²) in [5.74, 6) is -2.08. The van der Waals surface area contributed by atoms with E-state index < -0.39 is 16.9 Å². The first kappa shape index (κ1) is 15.6. The lowest BCUT2D eigenvalue weighted by molar-refractivity contribution is -0.384. The molecule has 1 aromatic rings. The van der Waals surface area contributed by atoms with Gasteiger partial charge in [-0.15, -0.1) is 0 Å². The van der Waals surface area contributed by atoms with Crippen LogP contribution in [0.1, 0.15) is 41.0 Å². The van der Waals surface area contributed by atoms with Crippen LogP contribution in [0.5, 0.6) is 0 Å². The molecule has 0 saturated carbocycles. The maximum absolute atomic E-state index is 11.9. The maximum Gasteiger partial charge on any atom is 0.339 e. The number of ether oxygens (including phenoxy) is 1. The molecule has 1 atom stereocenters. The smallest absolute Gasteiger partial charge is 0.339 e. The lowest BCUT2D eigenvalue weighted by Crippen LogP contribution is -2.15. The predicted octanol–water partition coefficient (Wildman–Crippen LogP) is 2.50. The van der Waals surface area contributed by atoms with Crippen LogP contribution >= 0.6 is 0 Å². The lowest BCUT2D eigenvalue weighted by atomic mass is 10.1. The fraction of sp³-hybridized carbons (Fsp3) is 0.385. The van der Waals surface area contributed by atoms with Gasteiger partial charge >= 0.3 is 11.9 Å². The topological polar surface area (TPSA) is 107 Å². The molecule has 0 bridgehead atoms. The quantitative estimate of drug-likeness (QED) is 0.487. The van der Waals surface area contributed by atoms with Crippen molar-refractivity contribution in [3.8, 4) is 0 Å². The van der Waals surface area contributed by atoms with Crippen molar-refractivity contribution >= 4 is 17.6 Å². The van der Waals surface area contributed by atoms with Gasteiger partial charge in [-0.05, 0) is 12.0 Å². The zero-order valence-corrected chi connectivity index (χ0v) is 11.2. The van der Waals surface area contributed by atoms with Crippen molar-refractivity contribution < 1.29 is 24.4 Å². The summed E-state index contributed by atoms with van der Waals surface area (Å²) in [6.07, 6.45) is 0.800. The Bertz CT molecular complexity index is 540. The number of nitro groups is 1. The molecule has 0 heterocycles. The molecule has 0 spiro atoms. The summed E-state index contributed by atoms with van der Waals surface area (Å²) >= 11 is 0. The number of esters is 1. The van der Waals surface area contributed by atoms with E-state index >= 15 is 0 Å². The standard InChI is InChI=1S/C13H15NO6/c1-3-8(2)7-20-13(17)11-6-9(14(18)19)4-5-10(11)12(15)16/h4-6,8H,3,7H2,1-2H3,(H,15,16)/t8-/m0/s1. The molecular weight excluding hydrogens is 266 g/mol. The minimum Gasteiger partial charge on any atom is -0.478 e. The summed E-state index contributed by atoms with van der Waals surface area (Å²) in [5.41, 5.74) is -0.981. The normalized spacial score (nSPS) is 11.7. The summed E-state index contributed by atoms with van der Waals surface area (Å²) < 4.78 is 4.98. The number of carboxylic acid groups (broad SMARTS) is 1. The van der Waals surface area contributed by atoms with E-state index in [1.165, 1.54) is 0 Å². The third kappa shape index (κ3) is 3.78. The molecule has 108 valence electrons. The summed E-state index contributed by atoms with van der Waals surface area (Å²) in [6, 6.07) is 2.98. The van der Waals surface area contributed by atoms with Crippen LogP contribution in [-0.2, 0) is 4.74 Å². The number of benzene rings is 1. The van der Waals surface area contributed by atoms with Crippen molar-refractivity contribution in [3.05, 3.63) is 39.4 Å². The molecule has 1 N–H and O–H groups in total. The van der Waals surface area contributed by atoms with Gasteiger partial charge in [-0.2, -0.15) is 0 Å². The Labute approximate surface area is 115 Å². The predicted molar refractivity (Wildman–Crippen MR) is 69.8 cm³/mol. The van der Waals surface area contributed by atoms with Gasteiger partial charge in [-0.1, -0.05) is 20.3 Å². The van der Waals surface area contributed by atoms with Crippen molar-refractivity contribution in [2.75, 3.05) is 6.61 Å². The third-order valence-electron chi connectivity index (χ3n) is 2.86. The van der Waals surface area contributed by atoms with Crippen LogP contribution in [0, 0.1) is 16.0 Å². The highest BCUT2D eigenvalue weighted by molar-refractivity contribution is 6.03. The zero-order chi connectivity index (χ0) is 15.3. The zero-order valence-electron chi connectivity index (χ0n) is 11.2. The van der Waals surface area contributed by atoms with E-state index in [2.05, 4.69) is 0 Å². The largest absolute Gasteiger partial charge is 0.478 e. The Morgan fingerprint density at radius 2 is 2.05 bits per heavy atom. The fourth-order valence-corrected chi connectivity index (χ4v) is 1.41.